The van der Waals surface area contributed by atoms with Crippen LogP contribution in [0.15, 0.2) is 29.1 Å². The Balaban J connectivity index is 1.80. The highest BCUT2D eigenvalue weighted by molar-refractivity contribution is 5.80. The minimum Gasteiger partial charge on any atom is -0.497 e. The third kappa shape index (κ3) is 5.27. The fourth-order valence-electron chi connectivity index (χ4n) is 5.33. The molecule has 0 radical (unpaired) electrons. The zero-order valence-corrected chi connectivity index (χ0v) is 22.0. The number of aromatic nitrogens is 5. The van der Waals surface area contributed by atoms with Crippen molar-refractivity contribution in [3.63, 3.8) is 0 Å². The van der Waals surface area contributed by atoms with Gasteiger partial charge in [0.15, 0.2) is 5.82 Å². The maximum atomic E-state index is 13.2. The molecule has 1 fully saturated rings. The van der Waals surface area contributed by atoms with Gasteiger partial charge in [0.25, 0.3) is 5.56 Å². The predicted molar refractivity (Wildman–Crippen MR) is 139 cm³/mol. The van der Waals surface area contributed by atoms with E-state index in [0.29, 0.717) is 12.6 Å². The summed E-state index contributed by atoms with van der Waals surface area (Å²) in [5, 5.41) is 14.1. The van der Waals surface area contributed by atoms with Crippen molar-refractivity contribution in [1.29, 1.82) is 0 Å². The molecule has 0 amide bonds. The summed E-state index contributed by atoms with van der Waals surface area (Å²) in [6.07, 6.45) is 6.87. The summed E-state index contributed by atoms with van der Waals surface area (Å²) >= 11 is 0. The second-order valence-electron chi connectivity index (χ2n) is 10.8. The van der Waals surface area contributed by atoms with Crippen LogP contribution in [0.4, 0.5) is 0 Å². The number of nitrogens with zero attached hydrogens (tertiary/aromatic N) is 5. The van der Waals surface area contributed by atoms with E-state index in [-0.39, 0.29) is 23.1 Å². The summed E-state index contributed by atoms with van der Waals surface area (Å²) in [5.74, 6) is 1.94. The molecule has 4 rings (SSSR count). The van der Waals surface area contributed by atoms with Gasteiger partial charge < -0.3 is 9.72 Å². The fraction of sp³-hybridized carbons (Fsp3) is 0.630. The van der Waals surface area contributed by atoms with Crippen LogP contribution in [0.5, 0.6) is 5.75 Å². The number of aromatic amines is 1. The van der Waals surface area contributed by atoms with Gasteiger partial charge in [-0.05, 0) is 73.7 Å². The Morgan fingerprint density at radius 1 is 1.20 bits per heavy atom. The first-order chi connectivity index (χ1) is 16.7. The van der Waals surface area contributed by atoms with Gasteiger partial charge in [0, 0.05) is 29.1 Å². The number of hydrogen-bond donors (Lipinski definition) is 1. The summed E-state index contributed by atoms with van der Waals surface area (Å²) in [7, 11) is 1.66. The maximum absolute atomic E-state index is 13.2. The summed E-state index contributed by atoms with van der Waals surface area (Å²) in [6.45, 7) is 11.5. The van der Waals surface area contributed by atoms with Crippen LogP contribution in [-0.4, -0.2) is 43.2 Å². The standard InChI is InChI=1S/C27H40N6O2/c1-7-27(4,5)33-25(29-30-31-33)24(18(2)3)32(21-11-9-8-10-12-21)17-20-15-19-16-22(35-6)13-14-23(19)28-26(20)34/h13-16,18,21,24H,7-12,17H2,1-6H3,(H,28,34)/t24-/m0/s1. The Kier molecular flexibility index (Phi) is 7.59. The van der Waals surface area contributed by atoms with Gasteiger partial charge >= 0.3 is 0 Å². The molecule has 0 saturated heterocycles. The Morgan fingerprint density at radius 3 is 2.60 bits per heavy atom. The van der Waals surface area contributed by atoms with Crippen molar-refractivity contribution in [3.8, 4) is 5.75 Å². The summed E-state index contributed by atoms with van der Waals surface area (Å²) < 4.78 is 7.42. The molecule has 1 aliphatic rings. The quantitative estimate of drug-likeness (QED) is 0.453. The van der Waals surface area contributed by atoms with Gasteiger partial charge in [0.05, 0.1) is 18.7 Å². The van der Waals surface area contributed by atoms with Gasteiger partial charge in [-0.3, -0.25) is 9.69 Å². The molecule has 1 aromatic carbocycles. The minimum absolute atomic E-state index is 0.000619. The van der Waals surface area contributed by atoms with E-state index in [2.05, 4.69) is 60.0 Å². The maximum Gasteiger partial charge on any atom is 0.252 e. The van der Waals surface area contributed by atoms with E-state index in [1.54, 1.807) is 7.11 Å². The third-order valence-corrected chi connectivity index (χ3v) is 7.71. The van der Waals surface area contributed by atoms with Crippen LogP contribution >= 0.6 is 0 Å². The number of tetrazole rings is 1. The van der Waals surface area contributed by atoms with Gasteiger partial charge in [-0.2, -0.15) is 0 Å². The number of ether oxygens (including phenoxy) is 1. The van der Waals surface area contributed by atoms with E-state index in [1.807, 2.05) is 28.9 Å². The molecule has 1 saturated carbocycles. The van der Waals surface area contributed by atoms with Crippen LogP contribution in [0.1, 0.15) is 90.6 Å². The number of H-pyrrole nitrogens is 1. The first kappa shape index (κ1) is 25.4. The molecular weight excluding hydrogens is 440 g/mol. The number of fused-ring (bicyclic) bond motifs is 1. The molecule has 0 aliphatic heterocycles. The Bertz CT molecular complexity index is 1190. The average Bonchev–Trinajstić information content (AvgIpc) is 3.34. The number of pyridine rings is 1. The van der Waals surface area contributed by atoms with Crippen LogP contribution in [0.2, 0.25) is 0 Å². The molecule has 1 atom stereocenters. The highest BCUT2D eigenvalue weighted by Crippen LogP contribution is 2.37. The largest absolute Gasteiger partial charge is 0.497 e. The monoisotopic (exact) mass is 480 g/mol. The fourth-order valence-corrected chi connectivity index (χ4v) is 5.33. The van der Waals surface area contributed by atoms with E-state index in [0.717, 1.165) is 47.3 Å². The van der Waals surface area contributed by atoms with Crippen molar-refractivity contribution in [2.75, 3.05) is 7.11 Å². The normalized spacial score (nSPS) is 16.3. The SMILES string of the molecule is CCC(C)(C)n1nnnc1[C@H](C(C)C)N(Cc1cc2cc(OC)ccc2[nH]c1=O)C1CCCCC1. The molecule has 35 heavy (non-hydrogen) atoms. The van der Waals surface area contributed by atoms with Crippen molar-refractivity contribution in [2.24, 2.45) is 5.92 Å². The number of rotatable bonds is 9. The lowest BCUT2D eigenvalue weighted by atomic mass is 9.89. The minimum atomic E-state index is -0.193. The van der Waals surface area contributed by atoms with Crippen molar-refractivity contribution >= 4 is 10.9 Å². The van der Waals surface area contributed by atoms with Crippen molar-refractivity contribution in [3.05, 3.63) is 46.0 Å². The van der Waals surface area contributed by atoms with E-state index in [4.69, 9.17) is 4.74 Å². The van der Waals surface area contributed by atoms with Gasteiger partial charge in [-0.25, -0.2) is 4.68 Å². The topological polar surface area (TPSA) is 88.9 Å². The molecule has 8 nitrogen and oxygen atoms in total. The van der Waals surface area contributed by atoms with Crippen molar-refractivity contribution in [1.82, 2.24) is 30.1 Å². The molecule has 190 valence electrons. The number of benzene rings is 1. The summed E-state index contributed by atoms with van der Waals surface area (Å²) in [6, 6.07) is 8.14. The Morgan fingerprint density at radius 2 is 1.94 bits per heavy atom. The summed E-state index contributed by atoms with van der Waals surface area (Å²) in [4.78, 5) is 18.8. The molecule has 2 aromatic heterocycles. The van der Waals surface area contributed by atoms with Crippen LogP contribution in [0.3, 0.4) is 0 Å². The molecular formula is C27H40N6O2. The molecule has 8 heteroatoms. The molecule has 1 aliphatic carbocycles. The molecule has 2 heterocycles. The zero-order chi connectivity index (χ0) is 25.2. The van der Waals surface area contributed by atoms with Crippen LogP contribution in [-0.2, 0) is 12.1 Å². The first-order valence-corrected chi connectivity index (χ1v) is 13.0. The lowest BCUT2D eigenvalue weighted by molar-refractivity contribution is 0.0572. The van der Waals surface area contributed by atoms with E-state index < -0.39 is 0 Å². The lowest BCUT2D eigenvalue weighted by Gasteiger charge is -2.42. The smallest absolute Gasteiger partial charge is 0.252 e. The average molecular weight is 481 g/mol. The lowest BCUT2D eigenvalue weighted by Crippen LogP contribution is -2.44. The zero-order valence-electron chi connectivity index (χ0n) is 22.0. The van der Waals surface area contributed by atoms with Crippen molar-refractivity contribution < 1.29 is 4.74 Å². The second kappa shape index (κ2) is 10.5. The van der Waals surface area contributed by atoms with E-state index >= 15 is 0 Å². The van der Waals surface area contributed by atoms with Gasteiger partial charge in [-0.1, -0.05) is 40.0 Å². The molecule has 1 N–H and O–H groups in total. The van der Waals surface area contributed by atoms with Gasteiger partial charge in [0.1, 0.15) is 5.75 Å². The summed E-state index contributed by atoms with van der Waals surface area (Å²) in [5.41, 5.74) is 1.34. The second-order valence-corrected chi connectivity index (χ2v) is 10.8. The van der Waals surface area contributed by atoms with Crippen LogP contribution in [0.25, 0.3) is 10.9 Å². The molecule has 0 unspecified atom stereocenters. The van der Waals surface area contributed by atoms with Gasteiger partial charge in [0.2, 0.25) is 0 Å². The number of methoxy groups -OCH3 is 1. The van der Waals surface area contributed by atoms with E-state index in [9.17, 15) is 4.79 Å². The third-order valence-electron chi connectivity index (χ3n) is 7.71. The van der Waals surface area contributed by atoms with Gasteiger partial charge in [-0.15, -0.1) is 5.10 Å². The van der Waals surface area contributed by atoms with Crippen LogP contribution < -0.4 is 10.3 Å². The van der Waals surface area contributed by atoms with Crippen LogP contribution in [0, 0.1) is 5.92 Å². The molecule has 3 aromatic rings. The molecule has 0 bridgehead atoms. The van der Waals surface area contributed by atoms with Crippen molar-refractivity contribution in [2.45, 2.75) is 97.3 Å². The Labute approximate surface area is 208 Å². The van der Waals surface area contributed by atoms with E-state index in [1.165, 1.54) is 19.3 Å². The molecule has 0 spiro atoms. The predicted octanol–water partition coefficient (Wildman–Crippen LogP) is 5.20. The first-order valence-electron chi connectivity index (χ1n) is 13.0. The number of nitrogens with one attached hydrogen (secondary N) is 1. The Hall–Kier alpha value is -2.74. The number of hydrogen-bond acceptors (Lipinski definition) is 6. The highest BCUT2D eigenvalue weighted by atomic mass is 16.5. The highest BCUT2D eigenvalue weighted by Gasteiger charge is 2.37.